The van der Waals surface area contributed by atoms with Crippen molar-refractivity contribution in [3.63, 3.8) is 0 Å². The first-order valence-corrected chi connectivity index (χ1v) is 6.86. The molecule has 0 amide bonds. The minimum Gasteiger partial charge on any atom is -0.243 e. The van der Waals surface area contributed by atoms with Crippen LogP contribution in [-0.4, -0.2) is 15.0 Å². The molecule has 1 aromatic carbocycles. The number of nitriles is 1. The van der Waals surface area contributed by atoms with E-state index in [1.165, 1.54) is 6.07 Å². The van der Waals surface area contributed by atoms with Gasteiger partial charge in [-0.25, -0.2) is 9.07 Å². The molecule has 0 fully saturated rings. The highest BCUT2D eigenvalue weighted by atomic mass is 19.1. The number of aromatic nitrogens is 3. The number of hydrogen-bond acceptors (Lipinski definition) is 3. The summed E-state index contributed by atoms with van der Waals surface area (Å²) in [7, 11) is 0. The zero-order valence-electron chi connectivity index (χ0n) is 11.5. The van der Waals surface area contributed by atoms with Crippen LogP contribution in [0, 0.1) is 17.1 Å². The SMILES string of the molecule is CCCCCCn1nnc(C#N)c1-c1ccccc1F. The van der Waals surface area contributed by atoms with E-state index in [9.17, 15) is 4.39 Å². The first-order valence-electron chi connectivity index (χ1n) is 6.86. The lowest BCUT2D eigenvalue weighted by Crippen LogP contribution is -2.04. The third kappa shape index (κ3) is 3.02. The van der Waals surface area contributed by atoms with Crippen molar-refractivity contribution < 1.29 is 4.39 Å². The monoisotopic (exact) mass is 272 g/mol. The van der Waals surface area contributed by atoms with Gasteiger partial charge in [0.05, 0.1) is 0 Å². The zero-order chi connectivity index (χ0) is 14.4. The predicted octanol–water partition coefficient (Wildman–Crippen LogP) is 3.54. The van der Waals surface area contributed by atoms with E-state index in [0.29, 0.717) is 17.8 Å². The fourth-order valence-electron chi connectivity index (χ4n) is 2.15. The molecule has 0 radical (unpaired) electrons. The Kier molecular flexibility index (Phi) is 4.83. The number of hydrogen-bond donors (Lipinski definition) is 0. The lowest BCUT2D eigenvalue weighted by atomic mass is 10.1. The molecule has 0 N–H and O–H groups in total. The Bertz CT molecular complexity index is 613. The Morgan fingerprint density at radius 2 is 2.05 bits per heavy atom. The van der Waals surface area contributed by atoms with E-state index in [1.54, 1.807) is 22.9 Å². The van der Waals surface area contributed by atoms with Crippen LogP contribution in [0.25, 0.3) is 11.3 Å². The molecule has 0 saturated carbocycles. The van der Waals surface area contributed by atoms with Gasteiger partial charge in [0.25, 0.3) is 0 Å². The van der Waals surface area contributed by atoms with Crippen molar-refractivity contribution in [1.82, 2.24) is 15.0 Å². The van der Waals surface area contributed by atoms with Crippen LogP contribution in [0.3, 0.4) is 0 Å². The molecule has 0 aliphatic carbocycles. The summed E-state index contributed by atoms with van der Waals surface area (Å²) in [4.78, 5) is 0. The highest BCUT2D eigenvalue weighted by Gasteiger charge is 2.17. The summed E-state index contributed by atoms with van der Waals surface area (Å²) in [6, 6.07) is 8.38. The van der Waals surface area contributed by atoms with Gasteiger partial charge in [-0.15, -0.1) is 5.10 Å². The molecule has 4 nitrogen and oxygen atoms in total. The molecule has 0 saturated heterocycles. The maximum atomic E-state index is 13.9. The molecule has 2 aromatic rings. The smallest absolute Gasteiger partial charge is 0.190 e. The summed E-state index contributed by atoms with van der Waals surface area (Å²) >= 11 is 0. The van der Waals surface area contributed by atoms with Gasteiger partial charge < -0.3 is 0 Å². The second kappa shape index (κ2) is 6.80. The van der Waals surface area contributed by atoms with Gasteiger partial charge in [0.1, 0.15) is 17.6 Å². The Morgan fingerprint density at radius 3 is 2.75 bits per heavy atom. The highest BCUT2D eigenvalue weighted by molar-refractivity contribution is 5.65. The van der Waals surface area contributed by atoms with Gasteiger partial charge in [-0.05, 0) is 18.6 Å². The molecular weight excluding hydrogens is 255 g/mol. The van der Waals surface area contributed by atoms with Crippen LogP contribution in [0.1, 0.15) is 38.3 Å². The summed E-state index contributed by atoms with van der Waals surface area (Å²) in [6.45, 7) is 2.80. The Hall–Kier alpha value is -2.22. The van der Waals surface area contributed by atoms with Crippen molar-refractivity contribution in [2.45, 2.75) is 39.2 Å². The van der Waals surface area contributed by atoms with Crippen LogP contribution in [0.2, 0.25) is 0 Å². The Labute approximate surface area is 117 Å². The van der Waals surface area contributed by atoms with Crippen LogP contribution < -0.4 is 0 Å². The average Bonchev–Trinajstić information content (AvgIpc) is 2.87. The largest absolute Gasteiger partial charge is 0.243 e. The number of benzene rings is 1. The minimum absolute atomic E-state index is 0.172. The standard InChI is InChI=1S/C15H17FN4/c1-2-3-4-7-10-20-15(14(11-17)18-19-20)12-8-5-6-9-13(12)16/h5-6,8-9H,2-4,7,10H2,1H3. The van der Waals surface area contributed by atoms with Gasteiger partial charge in [-0.3, -0.25) is 0 Å². The van der Waals surface area contributed by atoms with E-state index < -0.39 is 0 Å². The number of unbranched alkanes of at least 4 members (excludes halogenated alkanes) is 3. The third-order valence-corrected chi connectivity index (χ3v) is 3.19. The van der Waals surface area contributed by atoms with Crippen molar-refractivity contribution >= 4 is 0 Å². The second-order valence-corrected chi connectivity index (χ2v) is 4.66. The molecule has 1 aromatic heterocycles. The van der Waals surface area contributed by atoms with Crippen LogP contribution in [0.4, 0.5) is 4.39 Å². The van der Waals surface area contributed by atoms with Crippen molar-refractivity contribution in [1.29, 1.82) is 5.26 Å². The van der Waals surface area contributed by atoms with Gasteiger partial charge in [0, 0.05) is 12.1 Å². The van der Waals surface area contributed by atoms with Gasteiger partial charge in [-0.1, -0.05) is 43.5 Å². The third-order valence-electron chi connectivity index (χ3n) is 3.19. The van der Waals surface area contributed by atoms with Crippen LogP contribution in [0.15, 0.2) is 24.3 Å². The fourth-order valence-corrected chi connectivity index (χ4v) is 2.15. The van der Waals surface area contributed by atoms with Gasteiger partial charge >= 0.3 is 0 Å². The normalized spacial score (nSPS) is 10.4. The van der Waals surface area contributed by atoms with Crippen LogP contribution in [0.5, 0.6) is 0 Å². The second-order valence-electron chi connectivity index (χ2n) is 4.66. The van der Waals surface area contributed by atoms with E-state index in [0.717, 1.165) is 25.7 Å². The van der Waals surface area contributed by atoms with Crippen molar-refractivity contribution in [2.24, 2.45) is 0 Å². The summed E-state index contributed by atoms with van der Waals surface area (Å²) in [5.41, 5.74) is 1.03. The van der Waals surface area contributed by atoms with Gasteiger partial charge in [-0.2, -0.15) is 5.26 Å². The molecular formula is C15H17FN4. The van der Waals surface area contributed by atoms with Crippen molar-refractivity contribution in [3.8, 4) is 17.3 Å². The number of aryl methyl sites for hydroxylation is 1. The fraction of sp³-hybridized carbons (Fsp3) is 0.400. The van der Waals surface area contributed by atoms with E-state index in [2.05, 4.69) is 17.2 Å². The summed E-state index contributed by atoms with van der Waals surface area (Å²) in [6.07, 6.45) is 4.36. The summed E-state index contributed by atoms with van der Waals surface area (Å²) in [5.74, 6) is -0.360. The molecule has 1 heterocycles. The lowest BCUT2D eigenvalue weighted by molar-refractivity contribution is 0.529. The predicted molar refractivity (Wildman–Crippen MR) is 74.3 cm³/mol. The Morgan fingerprint density at radius 1 is 1.25 bits per heavy atom. The zero-order valence-corrected chi connectivity index (χ0v) is 11.5. The maximum absolute atomic E-state index is 13.9. The molecule has 0 unspecified atom stereocenters. The van der Waals surface area contributed by atoms with Crippen LogP contribution >= 0.6 is 0 Å². The number of nitrogens with zero attached hydrogens (tertiary/aromatic N) is 4. The van der Waals surface area contributed by atoms with E-state index in [1.807, 2.05) is 6.07 Å². The quantitative estimate of drug-likeness (QED) is 0.756. The van der Waals surface area contributed by atoms with Gasteiger partial charge in [0.15, 0.2) is 5.69 Å². The van der Waals surface area contributed by atoms with E-state index in [4.69, 9.17) is 5.26 Å². The molecule has 104 valence electrons. The average molecular weight is 272 g/mol. The lowest BCUT2D eigenvalue weighted by Gasteiger charge is -2.07. The summed E-state index contributed by atoms with van der Waals surface area (Å²) in [5, 5.41) is 16.9. The highest BCUT2D eigenvalue weighted by Crippen LogP contribution is 2.25. The van der Waals surface area contributed by atoms with E-state index in [-0.39, 0.29) is 11.5 Å². The molecule has 0 bridgehead atoms. The first-order chi connectivity index (χ1) is 9.77. The van der Waals surface area contributed by atoms with Gasteiger partial charge in [0.2, 0.25) is 0 Å². The Balaban J connectivity index is 2.29. The molecule has 0 spiro atoms. The molecule has 5 heteroatoms. The molecule has 20 heavy (non-hydrogen) atoms. The van der Waals surface area contributed by atoms with Crippen LogP contribution in [-0.2, 0) is 6.54 Å². The molecule has 0 aliphatic heterocycles. The van der Waals surface area contributed by atoms with E-state index >= 15 is 0 Å². The molecule has 2 rings (SSSR count). The van der Waals surface area contributed by atoms with Crippen molar-refractivity contribution in [3.05, 3.63) is 35.8 Å². The maximum Gasteiger partial charge on any atom is 0.190 e. The number of rotatable bonds is 6. The molecule has 0 aliphatic rings. The van der Waals surface area contributed by atoms with Crippen molar-refractivity contribution in [2.75, 3.05) is 0 Å². The first kappa shape index (κ1) is 14.2. The minimum atomic E-state index is -0.360. The number of halogens is 1. The summed E-state index contributed by atoms with van der Waals surface area (Å²) < 4.78 is 15.5. The topological polar surface area (TPSA) is 54.5 Å². The molecule has 0 atom stereocenters.